The van der Waals surface area contributed by atoms with E-state index in [1.165, 1.54) is 13.1 Å². The van der Waals surface area contributed by atoms with Crippen molar-refractivity contribution in [3.63, 3.8) is 0 Å². The third kappa shape index (κ3) is 6.55. The number of ether oxygens (including phenoxy) is 1. The smallest absolute Gasteiger partial charge is 0.191 e. The molecule has 2 N–H and O–H groups in total. The van der Waals surface area contributed by atoms with Gasteiger partial charge in [0.15, 0.2) is 5.96 Å². The zero-order valence-electron chi connectivity index (χ0n) is 15.9. The fourth-order valence-electron chi connectivity index (χ4n) is 3.01. The van der Waals surface area contributed by atoms with Crippen LogP contribution in [0.5, 0.6) is 5.75 Å². The first-order chi connectivity index (χ1) is 12.3. The van der Waals surface area contributed by atoms with E-state index in [9.17, 15) is 0 Å². The van der Waals surface area contributed by atoms with Gasteiger partial charge in [0.25, 0.3) is 0 Å². The fourth-order valence-corrected chi connectivity index (χ4v) is 3.01. The lowest BCUT2D eigenvalue weighted by atomic mass is 10.2. The Morgan fingerprint density at radius 3 is 2.48 bits per heavy atom. The van der Waals surface area contributed by atoms with Gasteiger partial charge in [-0.1, -0.05) is 25.1 Å². The number of nitrogens with zero attached hydrogens (tertiary/aromatic N) is 3. The van der Waals surface area contributed by atoms with Gasteiger partial charge in [-0.15, -0.1) is 0 Å². The van der Waals surface area contributed by atoms with Crippen LogP contribution in [0.15, 0.2) is 29.3 Å². The first-order valence-electron chi connectivity index (χ1n) is 9.36. The van der Waals surface area contributed by atoms with Crippen molar-refractivity contribution < 1.29 is 4.74 Å². The van der Waals surface area contributed by atoms with Crippen molar-refractivity contribution in [2.24, 2.45) is 4.99 Å². The fraction of sp³-hybridized carbons (Fsp3) is 0.632. The monoisotopic (exact) mass is 347 g/mol. The maximum atomic E-state index is 5.67. The van der Waals surface area contributed by atoms with Crippen LogP contribution in [0.4, 0.5) is 0 Å². The Bertz CT molecular complexity index is 526. The number of hydrogen-bond donors (Lipinski definition) is 2. The lowest BCUT2D eigenvalue weighted by Crippen LogP contribution is -2.49. The van der Waals surface area contributed by atoms with E-state index in [0.717, 1.165) is 50.0 Å². The number of para-hydroxylation sites is 1. The molecular weight excluding hydrogens is 314 g/mol. The lowest BCUT2D eigenvalue weighted by molar-refractivity contribution is 0.139. The molecule has 1 aliphatic rings. The molecule has 0 spiro atoms. The largest absolute Gasteiger partial charge is 0.494 e. The second kappa shape index (κ2) is 10.9. The molecule has 0 aromatic heterocycles. The number of aliphatic imine (C=N–C) groups is 1. The van der Waals surface area contributed by atoms with E-state index in [1.807, 2.05) is 32.2 Å². The number of piperazine rings is 1. The van der Waals surface area contributed by atoms with Crippen LogP contribution in [0.2, 0.25) is 0 Å². The molecule has 0 bridgehead atoms. The van der Waals surface area contributed by atoms with Crippen LogP contribution in [0.25, 0.3) is 0 Å². The van der Waals surface area contributed by atoms with Gasteiger partial charge in [-0.2, -0.15) is 0 Å². The van der Waals surface area contributed by atoms with Crippen LogP contribution in [-0.4, -0.2) is 75.2 Å². The molecule has 1 fully saturated rings. The van der Waals surface area contributed by atoms with E-state index in [-0.39, 0.29) is 0 Å². The van der Waals surface area contributed by atoms with Gasteiger partial charge in [-0.25, -0.2) is 0 Å². The molecule has 0 saturated carbocycles. The van der Waals surface area contributed by atoms with Gasteiger partial charge in [0.2, 0.25) is 0 Å². The zero-order valence-corrected chi connectivity index (χ0v) is 15.9. The molecule has 1 aromatic rings. The third-order valence-corrected chi connectivity index (χ3v) is 4.57. The first-order valence-corrected chi connectivity index (χ1v) is 9.36. The minimum Gasteiger partial charge on any atom is -0.494 e. The molecular formula is C19H33N5O. The average Bonchev–Trinajstić information content (AvgIpc) is 2.66. The molecule has 1 aromatic carbocycles. The summed E-state index contributed by atoms with van der Waals surface area (Å²) in [6.07, 6.45) is 0. The van der Waals surface area contributed by atoms with E-state index < -0.39 is 0 Å². The highest BCUT2D eigenvalue weighted by molar-refractivity contribution is 5.79. The molecule has 0 unspecified atom stereocenters. The van der Waals surface area contributed by atoms with Crippen molar-refractivity contribution >= 4 is 5.96 Å². The summed E-state index contributed by atoms with van der Waals surface area (Å²) in [4.78, 5) is 9.32. The molecule has 0 radical (unpaired) electrons. The summed E-state index contributed by atoms with van der Waals surface area (Å²) >= 11 is 0. The molecule has 6 heteroatoms. The van der Waals surface area contributed by atoms with E-state index in [1.54, 1.807) is 0 Å². The second-order valence-corrected chi connectivity index (χ2v) is 6.17. The normalized spacial score (nSPS) is 16.7. The highest BCUT2D eigenvalue weighted by Crippen LogP contribution is 2.17. The minimum atomic E-state index is 0.676. The minimum absolute atomic E-state index is 0.676. The van der Waals surface area contributed by atoms with Gasteiger partial charge in [0.05, 0.1) is 6.61 Å². The Hall–Kier alpha value is -1.79. The highest BCUT2D eigenvalue weighted by atomic mass is 16.5. The predicted molar refractivity (Wildman–Crippen MR) is 104 cm³/mol. The van der Waals surface area contributed by atoms with Gasteiger partial charge in [0, 0.05) is 58.4 Å². The summed E-state index contributed by atoms with van der Waals surface area (Å²) < 4.78 is 5.67. The topological polar surface area (TPSA) is 52.1 Å². The molecule has 2 rings (SSSR count). The number of nitrogens with one attached hydrogen (secondary N) is 2. The molecule has 1 heterocycles. The Labute approximate surface area is 152 Å². The first kappa shape index (κ1) is 19.5. The van der Waals surface area contributed by atoms with Gasteiger partial charge in [0.1, 0.15) is 5.75 Å². The highest BCUT2D eigenvalue weighted by Gasteiger charge is 2.14. The van der Waals surface area contributed by atoms with E-state index in [2.05, 4.69) is 38.4 Å². The standard InChI is InChI=1S/C19H33N5O/c1-4-23-12-14-24(15-13-23)11-10-21-19(20-3)22-16-17-8-6-7-9-18(17)25-5-2/h6-9H,4-5,10-16H2,1-3H3,(H2,20,21,22). The lowest BCUT2D eigenvalue weighted by Gasteiger charge is -2.34. The van der Waals surface area contributed by atoms with Crippen LogP contribution in [0.3, 0.4) is 0 Å². The SMILES string of the molecule is CCOc1ccccc1CNC(=NC)NCCN1CCN(CC)CC1. The van der Waals surface area contributed by atoms with Gasteiger partial charge >= 0.3 is 0 Å². The average molecular weight is 348 g/mol. The van der Waals surface area contributed by atoms with Gasteiger partial charge < -0.3 is 20.3 Å². The summed E-state index contributed by atoms with van der Waals surface area (Å²) in [5, 5.41) is 6.78. The van der Waals surface area contributed by atoms with Crippen LogP contribution in [-0.2, 0) is 6.54 Å². The zero-order chi connectivity index (χ0) is 17.9. The summed E-state index contributed by atoms with van der Waals surface area (Å²) in [6, 6.07) is 8.12. The van der Waals surface area contributed by atoms with Crippen LogP contribution in [0, 0.1) is 0 Å². The summed E-state index contributed by atoms with van der Waals surface area (Å²) in [6.45, 7) is 13.4. The molecule has 25 heavy (non-hydrogen) atoms. The quantitative estimate of drug-likeness (QED) is 0.550. The van der Waals surface area contributed by atoms with Crippen LogP contribution >= 0.6 is 0 Å². The molecule has 140 valence electrons. The maximum Gasteiger partial charge on any atom is 0.191 e. The Kier molecular flexibility index (Phi) is 8.55. The van der Waals surface area contributed by atoms with Crippen molar-refractivity contribution in [3.05, 3.63) is 29.8 Å². The molecule has 1 saturated heterocycles. The third-order valence-electron chi connectivity index (χ3n) is 4.57. The number of guanidine groups is 1. The second-order valence-electron chi connectivity index (χ2n) is 6.17. The Morgan fingerprint density at radius 1 is 1.08 bits per heavy atom. The number of likely N-dealkylation sites (N-methyl/N-ethyl adjacent to an activating group) is 1. The van der Waals surface area contributed by atoms with Crippen molar-refractivity contribution in [1.29, 1.82) is 0 Å². The summed E-state index contributed by atoms with van der Waals surface area (Å²) in [5.41, 5.74) is 1.14. The number of rotatable bonds is 8. The van der Waals surface area contributed by atoms with Crippen molar-refractivity contribution in [1.82, 2.24) is 20.4 Å². The maximum absolute atomic E-state index is 5.67. The Morgan fingerprint density at radius 2 is 1.80 bits per heavy atom. The molecule has 0 amide bonds. The number of benzene rings is 1. The predicted octanol–water partition coefficient (Wildman–Crippen LogP) is 1.39. The van der Waals surface area contributed by atoms with Crippen LogP contribution in [0.1, 0.15) is 19.4 Å². The molecule has 0 aliphatic carbocycles. The molecule has 6 nitrogen and oxygen atoms in total. The number of hydrogen-bond acceptors (Lipinski definition) is 4. The van der Waals surface area contributed by atoms with Crippen LogP contribution < -0.4 is 15.4 Å². The van der Waals surface area contributed by atoms with Crippen molar-refractivity contribution in [2.75, 3.05) is 59.5 Å². The summed E-state index contributed by atoms with van der Waals surface area (Å²) in [7, 11) is 1.81. The van der Waals surface area contributed by atoms with E-state index in [0.29, 0.717) is 13.2 Å². The Balaban J connectivity index is 1.71. The van der Waals surface area contributed by atoms with E-state index >= 15 is 0 Å². The summed E-state index contributed by atoms with van der Waals surface area (Å²) in [5.74, 6) is 1.76. The van der Waals surface area contributed by atoms with Crippen molar-refractivity contribution in [2.45, 2.75) is 20.4 Å². The molecule has 1 aliphatic heterocycles. The van der Waals surface area contributed by atoms with E-state index in [4.69, 9.17) is 4.74 Å². The molecule has 0 atom stereocenters. The van der Waals surface area contributed by atoms with Crippen molar-refractivity contribution in [3.8, 4) is 5.75 Å². The van der Waals surface area contributed by atoms with Gasteiger partial charge in [-0.05, 0) is 19.5 Å². The van der Waals surface area contributed by atoms with Gasteiger partial charge in [-0.3, -0.25) is 9.89 Å².